The predicted octanol–water partition coefficient (Wildman–Crippen LogP) is 3.80. The van der Waals surface area contributed by atoms with Crippen molar-refractivity contribution in [2.45, 2.75) is 25.4 Å². The molecule has 3 rings (SSSR count). The van der Waals surface area contributed by atoms with Crippen LogP contribution >= 0.6 is 0 Å². The molecule has 0 spiro atoms. The lowest BCUT2D eigenvalue weighted by molar-refractivity contribution is -0.385. The van der Waals surface area contributed by atoms with E-state index in [0.29, 0.717) is 12.1 Å². The minimum Gasteiger partial charge on any atom is -0.332 e. The Bertz CT molecular complexity index is 767. The molecule has 0 aromatic heterocycles. The number of hydrogen-bond acceptors (Lipinski definition) is 3. The Kier molecular flexibility index (Phi) is 4.70. The first kappa shape index (κ1) is 15.9. The van der Waals surface area contributed by atoms with Crippen molar-refractivity contribution in [1.29, 1.82) is 0 Å². The lowest BCUT2D eigenvalue weighted by Crippen LogP contribution is -2.31. The van der Waals surface area contributed by atoms with Crippen LogP contribution in [0.1, 0.15) is 24.0 Å². The van der Waals surface area contributed by atoms with Gasteiger partial charge in [0.05, 0.1) is 10.5 Å². The highest BCUT2D eigenvalue weighted by Crippen LogP contribution is 2.29. The standard InChI is InChI=1S/C19H18N2O3/c22-19(13-10-16-8-4-5-9-18(16)21(23)24)20(17-11-12-17)14-15-6-2-1-3-7-15/h1-10,13,17H,11-12,14H2/b13-10+. The summed E-state index contributed by atoms with van der Waals surface area (Å²) in [5.41, 5.74) is 1.52. The van der Waals surface area contributed by atoms with Gasteiger partial charge in [0.1, 0.15) is 0 Å². The molecule has 5 nitrogen and oxygen atoms in total. The van der Waals surface area contributed by atoms with Crippen LogP contribution in [0.4, 0.5) is 5.69 Å². The first-order valence-corrected chi connectivity index (χ1v) is 7.91. The van der Waals surface area contributed by atoms with Gasteiger partial charge in [0.25, 0.3) is 5.69 Å². The Morgan fingerprint density at radius 3 is 2.46 bits per heavy atom. The number of benzene rings is 2. The van der Waals surface area contributed by atoms with E-state index in [0.717, 1.165) is 18.4 Å². The van der Waals surface area contributed by atoms with Crippen molar-refractivity contribution in [2.75, 3.05) is 0 Å². The van der Waals surface area contributed by atoms with Gasteiger partial charge in [-0.15, -0.1) is 0 Å². The predicted molar refractivity (Wildman–Crippen MR) is 92.1 cm³/mol. The molecule has 1 fully saturated rings. The molecule has 1 amide bonds. The molecular formula is C19H18N2O3. The van der Waals surface area contributed by atoms with E-state index in [-0.39, 0.29) is 17.6 Å². The molecule has 0 bridgehead atoms. The second-order valence-electron chi connectivity index (χ2n) is 5.83. The SMILES string of the molecule is O=C(/C=C/c1ccccc1[N+](=O)[O-])N(Cc1ccccc1)C1CC1. The molecule has 0 saturated heterocycles. The molecule has 0 atom stereocenters. The van der Waals surface area contributed by atoms with Crippen molar-refractivity contribution >= 4 is 17.7 Å². The van der Waals surface area contributed by atoms with E-state index in [9.17, 15) is 14.9 Å². The topological polar surface area (TPSA) is 63.4 Å². The first-order chi connectivity index (χ1) is 11.6. The van der Waals surface area contributed by atoms with Gasteiger partial charge in [-0.2, -0.15) is 0 Å². The van der Waals surface area contributed by atoms with E-state index < -0.39 is 4.92 Å². The molecule has 1 saturated carbocycles. The summed E-state index contributed by atoms with van der Waals surface area (Å²) in [6.45, 7) is 0.561. The number of nitro groups is 1. The van der Waals surface area contributed by atoms with E-state index >= 15 is 0 Å². The van der Waals surface area contributed by atoms with Crippen LogP contribution in [0.5, 0.6) is 0 Å². The van der Waals surface area contributed by atoms with Gasteiger partial charge in [-0.3, -0.25) is 14.9 Å². The molecule has 122 valence electrons. The fraction of sp³-hybridized carbons (Fsp3) is 0.211. The largest absolute Gasteiger partial charge is 0.332 e. The van der Waals surface area contributed by atoms with Gasteiger partial charge >= 0.3 is 0 Å². The third-order valence-corrected chi connectivity index (χ3v) is 4.01. The maximum atomic E-state index is 12.6. The summed E-state index contributed by atoms with van der Waals surface area (Å²) in [7, 11) is 0. The number of para-hydroxylation sites is 1. The Balaban J connectivity index is 1.76. The highest BCUT2D eigenvalue weighted by atomic mass is 16.6. The van der Waals surface area contributed by atoms with Crippen LogP contribution in [-0.2, 0) is 11.3 Å². The summed E-state index contributed by atoms with van der Waals surface area (Å²) in [5.74, 6) is -0.112. The summed E-state index contributed by atoms with van der Waals surface area (Å²) < 4.78 is 0. The van der Waals surface area contributed by atoms with Gasteiger partial charge in [0, 0.05) is 24.7 Å². The van der Waals surface area contributed by atoms with Crippen molar-refractivity contribution in [3.63, 3.8) is 0 Å². The molecule has 0 radical (unpaired) electrons. The van der Waals surface area contributed by atoms with Crippen LogP contribution in [0.3, 0.4) is 0 Å². The van der Waals surface area contributed by atoms with Crippen molar-refractivity contribution in [3.05, 3.63) is 81.9 Å². The van der Waals surface area contributed by atoms with Crippen molar-refractivity contribution in [2.24, 2.45) is 0 Å². The zero-order valence-electron chi connectivity index (χ0n) is 13.2. The van der Waals surface area contributed by atoms with Gasteiger partial charge in [-0.1, -0.05) is 42.5 Å². The molecule has 0 unspecified atom stereocenters. The van der Waals surface area contributed by atoms with Crippen LogP contribution in [-0.4, -0.2) is 21.8 Å². The van der Waals surface area contributed by atoms with Crippen LogP contribution in [0.25, 0.3) is 6.08 Å². The quantitative estimate of drug-likeness (QED) is 0.461. The molecule has 2 aromatic carbocycles. The molecule has 0 aliphatic heterocycles. The zero-order valence-corrected chi connectivity index (χ0v) is 13.2. The maximum Gasteiger partial charge on any atom is 0.276 e. The van der Waals surface area contributed by atoms with Gasteiger partial charge in [-0.05, 0) is 30.5 Å². The highest BCUT2D eigenvalue weighted by Gasteiger charge is 2.31. The third-order valence-electron chi connectivity index (χ3n) is 4.01. The van der Waals surface area contributed by atoms with Crippen LogP contribution < -0.4 is 0 Å². The van der Waals surface area contributed by atoms with E-state index in [2.05, 4.69) is 0 Å². The maximum absolute atomic E-state index is 12.6. The lowest BCUT2D eigenvalue weighted by atomic mass is 10.1. The minimum atomic E-state index is -0.438. The number of amides is 1. The summed E-state index contributed by atoms with van der Waals surface area (Å²) in [4.78, 5) is 25.0. The molecular weight excluding hydrogens is 304 g/mol. The van der Waals surface area contributed by atoms with E-state index in [1.165, 1.54) is 18.2 Å². The monoisotopic (exact) mass is 322 g/mol. The number of carbonyl (C=O) groups is 1. The minimum absolute atomic E-state index is 0.00239. The first-order valence-electron chi connectivity index (χ1n) is 7.91. The molecule has 1 aliphatic rings. The van der Waals surface area contributed by atoms with E-state index in [1.807, 2.05) is 35.2 Å². The Hall–Kier alpha value is -2.95. The Morgan fingerprint density at radius 2 is 1.79 bits per heavy atom. The smallest absolute Gasteiger partial charge is 0.276 e. The average Bonchev–Trinajstić information content (AvgIpc) is 3.43. The fourth-order valence-corrected chi connectivity index (χ4v) is 2.60. The van der Waals surface area contributed by atoms with Gasteiger partial charge in [0.2, 0.25) is 5.91 Å². The summed E-state index contributed by atoms with van der Waals surface area (Å²) in [5, 5.41) is 11.0. The van der Waals surface area contributed by atoms with Crippen LogP contribution in [0.2, 0.25) is 0 Å². The Labute approximate surface area is 140 Å². The second kappa shape index (κ2) is 7.08. The summed E-state index contributed by atoms with van der Waals surface area (Å²) in [6, 6.07) is 16.5. The van der Waals surface area contributed by atoms with Crippen LogP contribution in [0, 0.1) is 10.1 Å². The molecule has 1 aliphatic carbocycles. The number of nitro benzene ring substituents is 1. The number of hydrogen-bond donors (Lipinski definition) is 0. The molecule has 0 N–H and O–H groups in total. The molecule has 24 heavy (non-hydrogen) atoms. The summed E-state index contributed by atoms with van der Waals surface area (Å²) in [6.07, 6.45) is 4.99. The van der Waals surface area contributed by atoms with E-state index in [1.54, 1.807) is 18.2 Å². The van der Waals surface area contributed by atoms with Crippen molar-refractivity contribution < 1.29 is 9.72 Å². The average molecular weight is 322 g/mol. The van der Waals surface area contributed by atoms with E-state index in [4.69, 9.17) is 0 Å². The molecule has 2 aromatic rings. The Morgan fingerprint density at radius 1 is 1.12 bits per heavy atom. The molecule has 0 heterocycles. The highest BCUT2D eigenvalue weighted by molar-refractivity contribution is 5.92. The number of carbonyl (C=O) groups excluding carboxylic acids is 1. The third kappa shape index (κ3) is 3.87. The fourth-order valence-electron chi connectivity index (χ4n) is 2.60. The molecule has 5 heteroatoms. The second-order valence-corrected chi connectivity index (χ2v) is 5.83. The van der Waals surface area contributed by atoms with Crippen LogP contribution in [0.15, 0.2) is 60.7 Å². The number of rotatable bonds is 6. The van der Waals surface area contributed by atoms with Gasteiger partial charge in [0.15, 0.2) is 0 Å². The van der Waals surface area contributed by atoms with Crippen molar-refractivity contribution in [1.82, 2.24) is 4.90 Å². The van der Waals surface area contributed by atoms with Gasteiger partial charge in [-0.25, -0.2) is 0 Å². The van der Waals surface area contributed by atoms with Crippen molar-refractivity contribution in [3.8, 4) is 0 Å². The normalized spacial score (nSPS) is 13.8. The van der Waals surface area contributed by atoms with Gasteiger partial charge < -0.3 is 4.90 Å². The number of nitrogens with zero attached hydrogens (tertiary/aromatic N) is 2. The lowest BCUT2D eigenvalue weighted by Gasteiger charge is -2.21. The summed E-state index contributed by atoms with van der Waals surface area (Å²) >= 11 is 0. The zero-order chi connectivity index (χ0) is 16.9.